The molecule has 1 aliphatic carbocycles. The molecule has 3 atom stereocenters. The molecule has 0 aromatic heterocycles. The Morgan fingerprint density at radius 1 is 1.26 bits per heavy atom. The lowest BCUT2D eigenvalue weighted by Crippen LogP contribution is -2.50. The molecule has 0 aromatic rings. The number of hydrogen-bond donors (Lipinski definition) is 1. The van der Waals surface area contributed by atoms with Crippen molar-refractivity contribution in [2.45, 2.75) is 70.9 Å². The summed E-state index contributed by atoms with van der Waals surface area (Å²) >= 11 is 0. The number of nitrogens with one attached hydrogen (secondary N) is 1. The Balaban J connectivity index is 1.77. The van der Waals surface area contributed by atoms with Gasteiger partial charge in [-0.05, 0) is 37.5 Å². The monoisotopic (exact) mass is 266 g/mol. The molecule has 1 heterocycles. The molecule has 1 saturated heterocycles. The standard InChI is InChI=1S/C16H30N2O/c1-12(2)9-13-5-4-6-14(10-13)17-15-7-8-16(19)18(3)11-15/h12-15,17H,4-11H2,1-3H3. The molecule has 1 amide bonds. The predicted molar refractivity (Wildman–Crippen MR) is 79.0 cm³/mol. The van der Waals surface area contributed by atoms with Crippen molar-refractivity contribution in [3.63, 3.8) is 0 Å². The van der Waals surface area contributed by atoms with Crippen LogP contribution in [0.1, 0.15) is 58.8 Å². The van der Waals surface area contributed by atoms with E-state index in [-0.39, 0.29) is 0 Å². The van der Waals surface area contributed by atoms with E-state index in [1.807, 2.05) is 11.9 Å². The van der Waals surface area contributed by atoms with Gasteiger partial charge in [-0.3, -0.25) is 4.79 Å². The van der Waals surface area contributed by atoms with Crippen LogP contribution < -0.4 is 5.32 Å². The van der Waals surface area contributed by atoms with Gasteiger partial charge in [-0.25, -0.2) is 0 Å². The van der Waals surface area contributed by atoms with E-state index in [4.69, 9.17) is 0 Å². The first kappa shape index (κ1) is 14.8. The zero-order valence-electron chi connectivity index (χ0n) is 12.8. The van der Waals surface area contributed by atoms with Crippen molar-refractivity contribution >= 4 is 5.91 Å². The minimum absolute atomic E-state index is 0.305. The summed E-state index contributed by atoms with van der Waals surface area (Å²) in [6.45, 7) is 5.56. The van der Waals surface area contributed by atoms with Gasteiger partial charge in [0.25, 0.3) is 0 Å². The number of likely N-dealkylation sites (tertiary alicyclic amines) is 1. The highest BCUT2D eigenvalue weighted by molar-refractivity contribution is 5.76. The van der Waals surface area contributed by atoms with Crippen molar-refractivity contribution < 1.29 is 4.79 Å². The van der Waals surface area contributed by atoms with Gasteiger partial charge in [0.05, 0.1) is 0 Å². The maximum Gasteiger partial charge on any atom is 0.222 e. The van der Waals surface area contributed by atoms with Crippen LogP contribution in [0.5, 0.6) is 0 Å². The molecule has 2 rings (SSSR count). The van der Waals surface area contributed by atoms with Gasteiger partial charge in [0.1, 0.15) is 0 Å². The third-order valence-corrected chi connectivity index (χ3v) is 4.69. The van der Waals surface area contributed by atoms with E-state index in [9.17, 15) is 4.79 Å². The van der Waals surface area contributed by atoms with Gasteiger partial charge >= 0.3 is 0 Å². The Morgan fingerprint density at radius 3 is 2.74 bits per heavy atom. The first-order valence-corrected chi connectivity index (χ1v) is 8.04. The second kappa shape index (κ2) is 6.74. The lowest BCUT2D eigenvalue weighted by atomic mass is 9.80. The van der Waals surface area contributed by atoms with E-state index in [0.717, 1.165) is 31.2 Å². The number of nitrogens with zero attached hydrogens (tertiary/aromatic N) is 1. The van der Waals surface area contributed by atoms with Crippen LogP contribution in [0, 0.1) is 11.8 Å². The first-order valence-electron chi connectivity index (χ1n) is 8.04. The molecule has 3 unspecified atom stereocenters. The van der Waals surface area contributed by atoms with Crippen LogP contribution in [0.4, 0.5) is 0 Å². The van der Waals surface area contributed by atoms with E-state index in [1.54, 1.807) is 0 Å². The Labute approximate surface area is 118 Å². The van der Waals surface area contributed by atoms with Gasteiger partial charge in [0, 0.05) is 32.1 Å². The zero-order valence-corrected chi connectivity index (χ0v) is 12.8. The Bertz CT molecular complexity index is 303. The van der Waals surface area contributed by atoms with Gasteiger partial charge in [-0.2, -0.15) is 0 Å². The molecule has 110 valence electrons. The zero-order chi connectivity index (χ0) is 13.8. The van der Waals surface area contributed by atoms with Gasteiger partial charge < -0.3 is 10.2 Å². The van der Waals surface area contributed by atoms with E-state index in [1.165, 1.54) is 32.1 Å². The van der Waals surface area contributed by atoms with Crippen LogP contribution in [-0.2, 0) is 4.79 Å². The first-order chi connectivity index (χ1) is 9.04. The average molecular weight is 266 g/mol. The number of likely N-dealkylation sites (N-methyl/N-ethyl adjacent to an activating group) is 1. The number of carbonyl (C=O) groups is 1. The molecule has 2 aliphatic rings. The van der Waals surface area contributed by atoms with Crippen molar-refractivity contribution in [3.05, 3.63) is 0 Å². The molecule has 19 heavy (non-hydrogen) atoms. The SMILES string of the molecule is CC(C)CC1CCCC(NC2CCC(=O)N(C)C2)C1. The molecule has 1 saturated carbocycles. The summed E-state index contributed by atoms with van der Waals surface area (Å²) < 4.78 is 0. The average Bonchev–Trinajstić information content (AvgIpc) is 2.33. The summed E-state index contributed by atoms with van der Waals surface area (Å²) in [7, 11) is 1.93. The van der Waals surface area contributed by atoms with Crippen LogP contribution in [0.3, 0.4) is 0 Å². The normalized spacial score (nSPS) is 32.9. The largest absolute Gasteiger partial charge is 0.344 e. The molecule has 1 aliphatic heterocycles. The number of carbonyl (C=O) groups excluding carboxylic acids is 1. The molecule has 1 N–H and O–H groups in total. The molecule has 0 radical (unpaired) electrons. The molecule has 0 aromatic carbocycles. The maximum atomic E-state index is 11.5. The summed E-state index contributed by atoms with van der Waals surface area (Å²) in [5, 5.41) is 3.82. The fourth-order valence-electron chi connectivity index (χ4n) is 3.80. The van der Waals surface area contributed by atoms with Gasteiger partial charge in [0.15, 0.2) is 0 Å². The van der Waals surface area contributed by atoms with Crippen molar-refractivity contribution in [3.8, 4) is 0 Å². The number of piperidine rings is 1. The topological polar surface area (TPSA) is 32.3 Å². The van der Waals surface area contributed by atoms with Gasteiger partial charge in [0.2, 0.25) is 5.91 Å². The molecule has 2 fully saturated rings. The lowest BCUT2D eigenvalue weighted by Gasteiger charge is -2.36. The predicted octanol–water partition coefficient (Wildman–Crippen LogP) is 2.80. The molecule has 3 nitrogen and oxygen atoms in total. The van der Waals surface area contributed by atoms with Crippen LogP contribution in [0.2, 0.25) is 0 Å². The van der Waals surface area contributed by atoms with Gasteiger partial charge in [-0.1, -0.05) is 26.7 Å². The highest BCUT2D eigenvalue weighted by atomic mass is 16.2. The summed E-state index contributed by atoms with van der Waals surface area (Å²) in [5.41, 5.74) is 0. The smallest absolute Gasteiger partial charge is 0.222 e. The minimum Gasteiger partial charge on any atom is -0.344 e. The summed E-state index contributed by atoms with van der Waals surface area (Å²) in [4.78, 5) is 13.4. The Morgan fingerprint density at radius 2 is 2.05 bits per heavy atom. The third-order valence-electron chi connectivity index (χ3n) is 4.69. The van der Waals surface area contributed by atoms with Crippen molar-refractivity contribution in [1.29, 1.82) is 0 Å². The maximum absolute atomic E-state index is 11.5. The van der Waals surface area contributed by atoms with E-state index < -0.39 is 0 Å². The third kappa shape index (κ3) is 4.48. The second-order valence-electron chi connectivity index (χ2n) is 7.04. The van der Waals surface area contributed by atoms with Crippen molar-refractivity contribution in [2.24, 2.45) is 11.8 Å². The van der Waals surface area contributed by atoms with E-state index in [2.05, 4.69) is 19.2 Å². The highest BCUT2D eigenvalue weighted by Crippen LogP contribution is 2.30. The summed E-state index contributed by atoms with van der Waals surface area (Å²) in [5.74, 6) is 2.04. The number of amides is 1. The van der Waals surface area contributed by atoms with E-state index in [0.29, 0.717) is 18.0 Å². The molecular weight excluding hydrogens is 236 g/mol. The van der Waals surface area contributed by atoms with Crippen LogP contribution >= 0.6 is 0 Å². The van der Waals surface area contributed by atoms with Crippen molar-refractivity contribution in [1.82, 2.24) is 10.2 Å². The van der Waals surface area contributed by atoms with E-state index >= 15 is 0 Å². The molecule has 0 bridgehead atoms. The summed E-state index contributed by atoms with van der Waals surface area (Å²) in [6.07, 6.45) is 8.57. The van der Waals surface area contributed by atoms with Crippen molar-refractivity contribution in [2.75, 3.05) is 13.6 Å². The fraction of sp³-hybridized carbons (Fsp3) is 0.938. The summed E-state index contributed by atoms with van der Waals surface area (Å²) in [6, 6.07) is 1.20. The second-order valence-corrected chi connectivity index (χ2v) is 7.04. The lowest BCUT2D eigenvalue weighted by molar-refractivity contribution is -0.132. The number of rotatable bonds is 4. The molecule has 0 spiro atoms. The highest BCUT2D eigenvalue weighted by Gasteiger charge is 2.28. The quantitative estimate of drug-likeness (QED) is 0.848. The molecular formula is C16H30N2O. The fourth-order valence-corrected chi connectivity index (χ4v) is 3.80. The van der Waals surface area contributed by atoms with Gasteiger partial charge in [-0.15, -0.1) is 0 Å². The van der Waals surface area contributed by atoms with Crippen LogP contribution in [-0.4, -0.2) is 36.5 Å². The van der Waals surface area contributed by atoms with Crippen LogP contribution in [0.15, 0.2) is 0 Å². The molecule has 3 heteroatoms. The Kier molecular flexibility index (Phi) is 5.26. The minimum atomic E-state index is 0.305. The number of hydrogen-bond acceptors (Lipinski definition) is 2. The Hall–Kier alpha value is -0.570. The van der Waals surface area contributed by atoms with Crippen LogP contribution in [0.25, 0.3) is 0 Å².